The maximum absolute atomic E-state index is 11.6. The Morgan fingerprint density at radius 1 is 0.581 bits per heavy atom. The Kier molecular flexibility index (Phi) is 8.14. The molecule has 0 atom stereocenters. The lowest BCUT2D eigenvalue weighted by atomic mass is 10.0. The molecule has 0 saturated heterocycles. The van der Waals surface area contributed by atoms with Crippen molar-refractivity contribution in [2.45, 2.75) is 87.0 Å². The molecular weight excluding hydrogens is 540 g/mol. The highest BCUT2D eigenvalue weighted by atomic mass is 16.4. The van der Waals surface area contributed by atoms with Crippen LogP contribution in [0.5, 0.6) is 0 Å². The fourth-order valence-electron chi connectivity index (χ4n) is 6.73. The van der Waals surface area contributed by atoms with Gasteiger partial charge < -0.3 is 30.1 Å². The van der Waals surface area contributed by atoms with Crippen LogP contribution in [0.2, 0.25) is 0 Å². The molecule has 0 spiro atoms. The standard InChI is InChI=1S/C35H42N4O4/c1-8-22-17(3)26-14-27-19(5)24(10-12-32(40)41)30(37-27)16-31-25(11-13-33(42)43)20(6)34(39-31)21(7)35-23(9-2)18(4)28(38-35)15-29(22)36-26/h14-16,36-39H,8-13H2,1-7H3,(H,40,41)(H,42,43). The summed E-state index contributed by atoms with van der Waals surface area (Å²) in [6.07, 6.45) is 8.91. The molecule has 5 heterocycles. The molecule has 0 radical (unpaired) electrons. The second kappa shape index (κ2) is 11.7. The molecule has 1 aliphatic rings. The molecule has 4 aromatic rings. The summed E-state index contributed by atoms with van der Waals surface area (Å²) in [6, 6.07) is 0. The number of nitrogens with one attached hydrogen (secondary N) is 4. The molecule has 0 saturated carbocycles. The van der Waals surface area contributed by atoms with Crippen molar-refractivity contribution in [3.63, 3.8) is 0 Å². The van der Waals surface area contributed by atoms with Gasteiger partial charge in [0.1, 0.15) is 0 Å². The SMILES string of the molecule is CCc1c2[nH]c(c1C)C=c1[nH]c(c(C)c1CC)=Cc1[nH]c(c(CCC(=O)O)c1C)C=c1[nH]c(c(C)c1CCC(=O)O)=C2C. The van der Waals surface area contributed by atoms with Gasteiger partial charge in [-0.1, -0.05) is 13.8 Å². The van der Waals surface area contributed by atoms with Crippen LogP contribution in [-0.4, -0.2) is 42.1 Å². The van der Waals surface area contributed by atoms with E-state index in [1.807, 2.05) is 19.9 Å². The Labute approximate surface area is 251 Å². The normalized spacial score (nSPS) is 12.6. The number of H-pyrrole nitrogens is 4. The number of carboxylic acid groups (broad SMARTS) is 2. The van der Waals surface area contributed by atoms with Gasteiger partial charge in [-0.3, -0.25) is 9.59 Å². The van der Waals surface area contributed by atoms with E-state index in [-0.39, 0.29) is 12.8 Å². The van der Waals surface area contributed by atoms with Gasteiger partial charge >= 0.3 is 11.9 Å². The molecular formula is C35H42N4O4. The zero-order valence-electron chi connectivity index (χ0n) is 26.2. The van der Waals surface area contributed by atoms with Gasteiger partial charge in [-0.2, -0.15) is 0 Å². The van der Waals surface area contributed by atoms with Crippen molar-refractivity contribution in [3.05, 3.63) is 88.7 Å². The molecule has 0 fully saturated rings. The fourth-order valence-corrected chi connectivity index (χ4v) is 6.73. The zero-order chi connectivity index (χ0) is 31.2. The van der Waals surface area contributed by atoms with E-state index in [1.54, 1.807) is 0 Å². The van der Waals surface area contributed by atoms with E-state index in [9.17, 15) is 19.8 Å². The highest BCUT2D eigenvalue weighted by Gasteiger charge is 2.19. The Bertz CT molecular complexity index is 2010. The van der Waals surface area contributed by atoms with Crippen LogP contribution >= 0.6 is 0 Å². The highest BCUT2D eigenvalue weighted by Crippen LogP contribution is 2.25. The zero-order valence-corrected chi connectivity index (χ0v) is 26.2. The molecule has 8 nitrogen and oxygen atoms in total. The van der Waals surface area contributed by atoms with Crippen molar-refractivity contribution in [1.82, 2.24) is 19.9 Å². The summed E-state index contributed by atoms with van der Waals surface area (Å²) in [6.45, 7) is 14.8. The van der Waals surface area contributed by atoms with Crippen molar-refractivity contribution in [2.75, 3.05) is 0 Å². The quantitative estimate of drug-likeness (QED) is 0.190. The maximum atomic E-state index is 11.6. The van der Waals surface area contributed by atoms with Crippen LogP contribution in [0.1, 0.15) is 101 Å². The van der Waals surface area contributed by atoms with Gasteiger partial charge in [0.15, 0.2) is 0 Å². The topological polar surface area (TPSA) is 138 Å². The van der Waals surface area contributed by atoms with Crippen molar-refractivity contribution in [2.24, 2.45) is 0 Å². The first-order valence-corrected chi connectivity index (χ1v) is 15.1. The minimum atomic E-state index is -0.846. The van der Waals surface area contributed by atoms with Crippen LogP contribution in [-0.2, 0) is 35.3 Å². The van der Waals surface area contributed by atoms with Gasteiger partial charge in [-0.05, 0) is 129 Å². The molecule has 8 bridgehead atoms. The second-order valence-corrected chi connectivity index (χ2v) is 11.7. The van der Waals surface area contributed by atoms with Crippen molar-refractivity contribution < 1.29 is 19.8 Å². The van der Waals surface area contributed by atoms with E-state index >= 15 is 0 Å². The molecule has 0 unspecified atom stereocenters. The molecule has 5 rings (SSSR count). The lowest BCUT2D eigenvalue weighted by Crippen LogP contribution is -2.16. The first-order chi connectivity index (χ1) is 20.4. The maximum Gasteiger partial charge on any atom is 0.303 e. The molecule has 6 N–H and O–H groups in total. The summed E-state index contributed by atoms with van der Waals surface area (Å²) >= 11 is 0. The number of hydrogen-bond acceptors (Lipinski definition) is 2. The molecule has 0 aliphatic carbocycles. The van der Waals surface area contributed by atoms with Gasteiger partial charge in [-0.15, -0.1) is 0 Å². The summed E-state index contributed by atoms with van der Waals surface area (Å²) in [5.74, 6) is -1.69. The summed E-state index contributed by atoms with van der Waals surface area (Å²) in [4.78, 5) is 37.9. The number of carboxylic acids is 2. The monoisotopic (exact) mass is 582 g/mol. The summed E-state index contributed by atoms with van der Waals surface area (Å²) in [7, 11) is 0. The van der Waals surface area contributed by atoms with Crippen LogP contribution < -0.4 is 21.4 Å². The third-order valence-electron chi connectivity index (χ3n) is 9.23. The van der Waals surface area contributed by atoms with E-state index in [4.69, 9.17) is 0 Å². The van der Waals surface area contributed by atoms with Crippen molar-refractivity contribution in [1.29, 1.82) is 0 Å². The molecule has 43 heavy (non-hydrogen) atoms. The summed E-state index contributed by atoms with van der Waals surface area (Å²) < 4.78 is 0. The second-order valence-electron chi connectivity index (χ2n) is 11.7. The average Bonchev–Trinajstić information content (AvgIpc) is 3.63. The number of hydrogen-bond donors (Lipinski definition) is 6. The Morgan fingerprint density at radius 3 is 1.74 bits per heavy atom. The van der Waals surface area contributed by atoms with Crippen LogP contribution in [0.15, 0.2) is 0 Å². The minimum Gasteiger partial charge on any atom is -0.481 e. The van der Waals surface area contributed by atoms with Crippen LogP contribution in [0.25, 0.3) is 23.8 Å². The van der Waals surface area contributed by atoms with E-state index in [0.29, 0.717) is 12.8 Å². The van der Waals surface area contributed by atoms with E-state index in [0.717, 1.165) is 84.8 Å². The van der Waals surface area contributed by atoms with Gasteiger partial charge in [0.05, 0.1) is 0 Å². The van der Waals surface area contributed by atoms with Gasteiger partial charge in [0, 0.05) is 57.0 Å². The summed E-state index contributed by atoms with van der Waals surface area (Å²) in [5, 5.41) is 22.9. The molecule has 0 aromatic carbocycles. The number of aliphatic carboxylic acids is 2. The third kappa shape index (κ3) is 5.42. The lowest BCUT2D eigenvalue weighted by Gasteiger charge is -2.04. The fraction of sp³-hybridized carbons (Fsp3) is 0.371. The largest absolute Gasteiger partial charge is 0.481 e. The van der Waals surface area contributed by atoms with Crippen LogP contribution in [0, 0.1) is 27.7 Å². The smallest absolute Gasteiger partial charge is 0.303 e. The van der Waals surface area contributed by atoms with Crippen LogP contribution in [0.4, 0.5) is 0 Å². The Hall–Kier alpha value is -4.46. The average molecular weight is 583 g/mol. The predicted molar refractivity (Wildman–Crippen MR) is 170 cm³/mol. The van der Waals surface area contributed by atoms with Gasteiger partial charge in [0.25, 0.3) is 0 Å². The molecule has 4 aromatic heterocycles. The number of aromatic nitrogens is 4. The number of fused-ring (bicyclic) bond motifs is 8. The predicted octanol–water partition coefficient (Wildman–Crippen LogP) is 3.41. The third-order valence-corrected chi connectivity index (χ3v) is 9.23. The molecule has 1 aliphatic heterocycles. The Morgan fingerprint density at radius 2 is 1.12 bits per heavy atom. The first-order valence-electron chi connectivity index (χ1n) is 15.1. The van der Waals surface area contributed by atoms with Gasteiger partial charge in [0.2, 0.25) is 0 Å². The number of carbonyl (C=O) groups is 2. The van der Waals surface area contributed by atoms with E-state index in [2.05, 4.69) is 66.7 Å². The molecule has 226 valence electrons. The van der Waals surface area contributed by atoms with Crippen LogP contribution in [0.3, 0.4) is 0 Å². The lowest BCUT2D eigenvalue weighted by molar-refractivity contribution is -0.138. The summed E-state index contributed by atoms with van der Waals surface area (Å²) in [5.41, 5.74) is 13.8. The highest BCUT2D eigenvalue weighted by molar-refractivity contribution is 5.72. The van der Waals surface area contributed by atoms with Crippen molar-refractivity contribution in [3.8, 4) is 0 Å². The number of rotatable bonds is 8. The molecule has 8 heteroatoms. The Balaban J connectivity index is 1.95. The minimum absolute atomic E-state index is 0.0153. The number of aromatic amines is 4. The first kappa shape index (κ1) is 30.0. The van der Waals surface area contributed by atoms with Gasteiger partial charge in [-0.25, -0.2) is 0 Å². The van der Waals surface area contributed by atoms with E-state index < -0.39 is 11.9 Å². The molecule has 0 amide bonds. The van der Waals surface area contributed by atoms with Crippen molar-refractivity contribution >= 4 is 35.7 Å². The van der Waals surface area contributed by atoms with E-state index in [1.165, 1.54) is 22.3 Å².